The lowest BCUT2D eigenvalue weighted by molar-refractivity contribution is 0.288. The number of hydrogen-bond acceptors (Lipinski definition) is 2. The van der Waals surface area contributed by atoms with Crippen molar-refractivity contribution in [1.82, 2.24) is 4.68 Å². The molecule has 0 aliphatic heterocycles. The average molecular weight is 174 g/mol. The van der Waals surface area contributed by atoms with Gasteiger partial charge in [0, 0.05) is 12.4 Å². The molecular weight excluding hydrogens is 164 g/mol. The zero-order valence-corrected chi connectivity index (χ0v) is 7.04. The molecule has 1 N–H and O–H groups in total. The maximum absolute atomic E-state index is 9.49. The van der Waals surface area contributed by atoms with Crippen molar-refractivity contribution >= 4 is 5.71 Å². The summed E-state index contributed by atoms with van der Waals surface area (Å²) in [6, 6.07) is 3.78. The van der Waals surface area contributed by atoms with E-state index in [2.05, 4.69) is 5.10 Å². The van der Waals surface area contributed by atoms with Crippen LogP contribution in [0.1, 0.15) is 0 Å². The van der Waals surface area contributed by atoms with Gasteiger partial charge in [0.05, 0.1) is 5.71 Å². The molecule has 0 saturated heterocycles. The fourth-order valence-electron chi connectivity index (χ4n) is 1.14. The summed E-state index contributed by atoms with van der Waals surface area (Å²) in [5, 5.41) is 13.7. The quantitative estimate of drug-likeness (QED) is 0.682. The molecule has 66 valence electrons. The Bertz CT molecular complexity index is 360. The minimum atomic E-state index is -0.590. The summed E-state index contributed by atoms with van der Waals surface area (Å²) in [4.78, 5) is 0. The Balaban J connectivity index is 2.26. The molecule has 0 fully saturated rings. The number of allylic oxidation sites excluding steroid dienone is 2. The molecule has 1 aliphatic carbocycles. The third-order valence-corrected chi connectivity index (χ3v) is 1.79. The third-order valence-electron chi connectivity index (χ3n) is 1.79. The number of nitrogens with zero attached hydrogens (tertiary/aromatic N) is 2. The molecule has 1 aromatic heterocycles. The molecule has 13 heavy (non-hydrogen) atoms. The fourth-order valence-corrected chi connectivity index (χ4v) is 1.14. The molecule has 3 heteroatoms. The van der Waals surface area contributed by atoms with Crippen LogP contribution in [0.4, 0.5) is 0 Å². The summed E-state index contributed by atoms with van der Waals surface area (Å²) in [5.41, 5.74) is 0.652. The Kier molecular flexibility index (Phi) is 2.10. The Morgan fingerprint density at radius 1 is 1.23 bits per heavy atom. The van der Waals surface area contributed by atoms with Gasteiger partial charge in [0.15, 0.2) is 0 Å². The molecule has 0 bridgehead atoms. The highest BCUT2D eigenvalue weighted by molar-refractivity contribution is 6.00. The molecule has 2 rings (SSSR count). The Morgan fingerprint density at radius 3 is 2.69 bits per heavy atom. The van der Waals surface area contributed by atoms with Crippen molar-refractivity contribution in [2.75, 3.05) is 0 Å². The Morgan fingerprint density at radius 2 is 2.00 bits per heavy atom. The lowest BCUT2D eigenvalue weighted by Gasteiger charge is -2.08. The summed E-state index contributed by atoms with van der Waals surface area (Å²) < 4.78 is 1.67. The van der Waals surface area contributed by atoms with E-state index in [1.54, 1.807) is 22.9 Å². The second-order valence-electron chi connectivity index (χ2n) is 2.78. The second-order valence-corrected chi connectivity index (χ2v) is 2.78. The van der Waals surface area contributed by atoms with Crippen LogP contribution < -0.4 is 0 Å². The van der Waals surface area contributed by atoms with Crippen LogP contribution in [0.25, 0.3) is 0 Å². The van der Waals surface area contributed by atoms with Crippen LogP contribution in [-0.4, -0.2) is 21.6 Å². The second kappa shape index (κ2) is 3.41. The molecule has 1 unspecified atom stereocenters. The summed E-state index contributed by atoms with van der Waals surface area (Å²) in [6.45, 7) is 0. The minimum absolute atomic E-state index is 0.590. The van der Waals surface area contributed by atoms with Crippen molar-refractivity contribution in [3.8, 4) is 0 Å². The van der Waals surface area contributed by atoms with Gasteiger partial charge in [0.1, 0.15) is 6.10 Å². The van der Waals surface area contributed by atoms with Crippen LogP contribution >= 0.6 is 0 Å². The van der Waals surface area contributed by atoms with Crippen molar-refractivity contribution in [3.63, 3.8) is 0 Å². The van der Waals surface area contributed by atoms with Crippen molar-refractivity contribution in [3.05, 3.63) is 48.8 Å². The van der Waals surface area contributed by atoms with Gasteiger partial charge >= 0.3 is 0 Å². The van der Waals surface area contributed by atoms with Crippen LogP contribution in [0.15, 0.2) is 53.9 Å². The molecule has 1 aliphatic rings. The Hall–Kier alpha value is -1.61. The van der Waals surface area contributed by atoms with E-state index in [0.29, 0.717) is 5.71 Å². The predicted octanol–water partition coefficient (Wildman–Crippen LogP) is 1.18. The largest absolute Gasteiger partial charge is 0.383 e. The Labute approximate surface area is 76.3 Å². The summed E-state index contributed by atoms with van der Waals surface area (Å²) >= 11 is 0. The molecule has 1 aromatic rings. The van der Waals surface area contributed by atoms with Crippen LogP contribution in [0.2, 0.25) is 0 Å². The van der Waals surface area contributed by atoms with Crippen molar-refractivity contribution in [1.29, 1.82) is 0 Å². The van der Waals surface area contributed by atoms with Gasteiger partial charge in [0.2, 0.25) is 0 Å². The van der Waals surface area contributed by atoms with Gasteiger partial charge in [0.25, 0.3) is 0 Å². The molecule has 0 radical (unpaired) electrons. The van der Waals surface area contributed by atoms with Crippen molar-refractivity contribution in [2.45, 2.75) is 6.10 Å². The SMILES string of the molecule is OC1C=CC=CC1=Nn1cccc1. The molecule has 3 nitrogen and oxygen atoms in total. The highest BCUT2D eigenvalue weighted by Gasteiger charge is 2.08. The van der Waals surface area contributed by atoms with E-state index in [1.807, 2.05) is 30.6 Å². The van der Waals surface area contributed by atoms with E-state index in [9.17, 15) is 5.11 Å². The molecular formula is C10H10N2O. The lowest BCUT2D eigenvalue weighted by Crippen LogP contribution is -2.18. The number of aromatic nitrogens is 1. The maximum Gasteiger partial charge on any atom is 0.116 e. The highest BCUT2D eigenvalue weighted by atomic mass is 16.3. The molecule has 1 heterocycles. The molecule has 0 spiro atoms. The number of hydrogen-bond donors (Lipinski definition) is 1. The maximum atomic E-state index is 9.49. The molecule has 0 saturated carbocycles. The zero-order valence-electron chi connectivity index (χ0n) is 7.04. The average Bonchev–Trinajstić information content (AvgIpc) is 2.61. The first-order valence-electron chi connectivity index (χ1n) is 4.11. The summed E-state index contributed by atoms with van der Waals surface area (Å²) in [5.74, 6) is 0. The van der Waals surface area contributed by atoms with Crippen LogP contribution in [0.5, 0.6) is 0 Å². The van der Waals surface area contributed by atoms with Gasteiger partial charge in [-0.2, -0.15) is 5.10 Å². The third kappa shape index (κ3) is 1.76. The summed E-state index contributed by atoms with van der Waals surface area (Å²) in [6.07, 6.45) is 10.2. The minimum Gasteiger partial charge on any atom is -0.383 e. The predicted molar refractivity (Wildman–Crippen MR) is 51.6 cm³/mol. The first kappa shape index (κ1) is 8.01. The molecule has 0 amide bonds. The summed E-state index contributed by atoms with van der Waals surface area (Å²) in [7, 11) is 0. The van der Waals surface area contributed by atoms with E-state index in [0.717, 1.165) is 0 Å². The number of aliphatic hydroxyl groups is 1. The smallest absolute Gasteiger partial charge is 0.116 e. The topological polar surface area (TPSA) is 37.5 Å². The van der Waals surface area contributed by atoms with Crippen molar-refractivity contribution in [2.24, 2.45) is 5.10 Å². The number of aliphatic hydroxyl groups excluding tert-OH is 1. The first-order chi connectivity index (χ1) is 6.36. The van der Waals surface area contributed by atoms with Gasteiger partial charge in [-0.05, 0) is 18.2 Å². The molecule has 1 atom stereocenters. The zero-order chi connectivity index (χ0) is 9.10. The monoisotopic (exact) mass is 174 g/mol. The molecule has 0 aromatic carbocycles. The first-order valence-corrected chi connectivity index (χ1v) is 4.11. The standard InChI is InChI=1S/C10H10N2O/c13-10-6-2-1-5-9(10)11-12-7-3-4-8-12/h1-8,10,13H. The number of rotatable bonds is 1. The van der Waals surface area contributed by atoms with Gasteiger partial charge in [-0.25, -0.2) is 4.68 Å². The van der Waals surface area contributed by atoms with Gasteiger partial charge in [-0.15, -0.1) is 0 Å². The van der Waals surface area contributed by atoms with Crippen LogP contribution in [-0.2, 0) is 0 Å². The lowest BCUT2D eigenvalue weighted by atomic mass is 10.1. The van der Waals surface area contributed by atoms with E-state index in [1.165, 1.54) is 0 Å². The normalized spacial score (nSPS) is 24.1. The van der Waals surface area contributed by atoms with E-state index in [4.69, 9.17) is 0 Å². The van der Waals surface area contributed by atoms with Gasteiger partial charge in [-0.1, -0.05) is 18.2 Å². The van der Waals surface area contributed by atoms with Crippen LogP contribution in [0.3, 0.4) is 0 Å². The van der Waals surface area contributed by atoms with Crippen molar-refractivity contribution < 1.29 is 5.11 Å². The van der Waals surface area contributed by atoms with E-state index >= 15 is 0 Å². The highest BCUT2D eigenvalue weighted by Crippen LogP contribution is 2.02. The van der Waals surface area contributed by atoms with E-state index in [-0.39, 0.29) is 0 Å². The fraction of sp³-hybridized carbons (Fsp3) is 0.100. The van der Waals surface area contributed by atoms with Crippen LogP contribution in [0, 0.1) is 0 Å². The van der Waals surface area contributed by atoms with Gasteiger partial charge in [-0.3, -0.25) is 0 Å². The van der Waals surface area contributed by atoms with E-state index < -0.39 is 6.10 Å². The van der Waals surface area contributed by atoms with Gasteiger partial charge < -0.3 is 5.11 Å².